The number of carbonyl (C=O) groups is 2. The van der Waals surface area contributed by atoms with Gasteiger partial charge in [-0.1, -0.05) is 12.8 Å². The van der Waals surface area contributed by atoms with E-state index >= 15 is 0 Å². The molecule has 0 radical (unpaired) electrons. The van der Waals surface area contributed by atoms with Crippen molar-refractivity contribution in [2.75, 3.05) is 20.1 Å². The third kappa shape index (κ3) is 2.61. The van der Waals surface area contributed by atoms with Crippen LogP contribution in [0.3, 0.4) is 0 Å². The molecule has 4 nitrogen and oxygen atoms in total. The standard InChI is InChI=1S/C13H22N2O2/c1-10(16)7-8-15-9-12(14(2)13(15)17)11-5-3-4-6-11/h11-12H,3-9H2,1-2H3. The van der Waals surface area contributed by atoms with Crippen molar-refractivity contribution in [3.63, 3.8) is 0 Å². The summed E-state index contributed by atoms with van der Waals surface area (Å²) in [5.74, 6) is 0.830. The second kappa shape index (κ2) is 5.07. The summed E-state index contributed by atoms with van der Waals surface area (Å²) in [6.07, 6.45) is 5.59. The molecule has 1 atom stereocenters. The first kappa shape index (κ1) is 12.4. The van der Waals surface area contributed by atoms with Gasteiger partial charge in [0.05, 0.1) is 6.04 Å². The van der Waals surface area contributed by atoms with Crippen LogP contribution in [0.25, 0.3) is 0 Å². The van der Waals surface area contributed by atoms with Crippen LogP contribution in [0.1, 0.15) is 39.0 Å². The smallest absolute Gasteiger partial charge is 0.320 e. The van der Waals surface area contributed by atoms with Crippen LogP contribution >= 0.6 is 0 Å². The molecule has 96 valence electrons. The van der Waals surface area contributed by atoms with Crippen LogP contribution in [0.2, 0.25) is 0 Å². The van der Waals surface area contributed by atoms with Crippen LogP contribution in [-0.2, 0) is 4.79 Å². The van der Waals surface area contributed by atoms with Gasteiger partial charge in [-0.2, -0.15) is 0 Å². The number of carbonyl (C=O) groups excluding carboxylic acids is 2. The molecule has 1 saturated heterocycles. The number of nitrogens with zero attached hydrogens (tertiary/aromatic N) is 2. The van der Waals surface area contributed by atoms with Crippen LogP contribution in [0, 0.1) is 5.92 Å². The first-order chi connectivity index (χ1) is 8.09. The third-order valence-electron chi connectivity index (χ3n) is 4.15. The van der Waals surface area contributed by atoms with Crippen LogP contribution in [0.5, 0.6) is 0 Å². The lowest BCUT2D eigenvalue weighted by atomic mass is 9.98. The van der Waals surface area contributed by atoms with Gasteiger partial charge in [-0.15, -0.1) is 0 Å². The van der Waals surface area contributed by atoms with Gasteiger partial charge in [-0.05, 0) is 25.7 Å². The molecule has 2 rings (SSSR count). The largest absolute Gasteiger partial charge is 0.323 e. The Labute approximate surface area is 103 Å². The zero-order valence-corrected chi connectivity index (χ0v) is 10.8. The van der Waals surface area contributed by atoms with Crippen molar-refractivity contribution >= 4 is 11.8 Å². The minimum Gasteiger partial charge on any atom is -0.323 e. The third-order valence-corrected chi connectivity index (χ3v) is 4.15. The Kier molecular flexibility index (Phi) is 3.69. The van der Waals surface area contributed by atoms with Crippen molar-refractivity contribution in [2.24, 2.45) is 5.92 Å². The Morgan fingerprint density at radius 2 is 2.00 bits per heavy atom. The maximum atomic E-state index is 12.0. The van der Waals surface area contributed by atoms with Crippen LogP contribution in [0.4, 0.5) is 4.79 Å². The average molecular weight is 238 g/mol. The monoisotopic (exact) mass is 238 g/mol. The first-order valence-electron chi connectivity index (χ1n) is 6.60. The van der Waals surface area contributed by atoms with E-state index in [1.54, 1.807) is 6.92 Å². The Balaban J connectivity index is 1.93. The molecular weight excluding hydrogens is 216 g/mol. The van der Waals surface area contributed by atoms with Gasteiger partial charge in [0.2, 0.25) is 0 Å². The van der Waals surface area contributed by atoms with E-state index in [1.165, 1.54) is 25.7 Å². The Hall–Kier alpha value is -1.06. The summed E-state index contributed by atoms with van der Waals surface area (Å²) in [5, 5.41) is 0. The molecule has 0 N–H and O–H groups in total. The maximum absolute atomic E-state index is 12.0. The molecule has 0 spiro atoms. The fraction of sp³-hybridized carbons (Fsp3) is 0.846. The summed E-state index contributed by atoms with van der Waals surface area (Å²) in [7, 11) is 1.90. The molecule has 2 amide bonds. The SMILES string of the molecule is CC(=O)CCN1CC(C2CCCC2)N(C)C1=O. The summed E-state index contributed by atoms with van der Waals surface area (Å²) >= 11 is 0. The molecule has 0 bridgehead atoms. The second-order valence-corrected chi connectivity index (χ2v) is 5.40. The average Bonchev–Trinajstić information content (AvgIpc) is 2.88. The predicted molar refractivity (Wildman–Crippen MR) is 65.8 cm³/mol. The highest BCUT2D eigenvalue weighted by Crippen LogP contribution is 2.33. The Morgan fingerprint density at radius 1 is 1.35 bits per heavy atom. The number of rotatable bonds is 4. The van der Waals surface area contributed by atoms with Crippen molar-refractivity contribution in [1.82, 2.24) is 9.80 Å². The summed E-state index contributed by atoms with van der Waals surface area (Å²) in [6, 6.07) is 0.472. The topological polar surface area (TPSA) is 40.6 Å². The van der Waals surface area contributed by atoms with Gasteiger partial charge in [0, 0.05) is 26.6 Å². The lowest BCUT2D eigenvalue weighted by Crippen LogP contribution is -2.35. The van der Waals surface area contributed by atoms with Gasteiger partial charge in [-0.3, -0.25) is 4.79 Å². The van der Waals surface area contributed by atoms with E-state index in [0.717, 1.165) is 6.54 Å². The van der Waals surface area contributed by atoms with Crippen LogP contribution in [-0.4, -0.2) is 47.8 Å². The molecule has 1 aliphatic heterocycles. The fourth-order valence-corrected chi connectivity index (χ4v) is 3.08. The molecule has 2 fully saturated rings. The summed E-state index contributed by atoms with van der Waals surface area (Å²) in [5.41, 5.74) is 0. The molecule has 4 heteroatoms. The molecule has 1 unspecified atom stereocenters. The van der Waals surface area contributed by atoms with Crippen molar-refractivity contribution in [3.05, 3.63) is 0 Å². The maximum Gasteiger partial charge on any atom is 0.320 e. The molecule has 1 aliphatic carbocycles. The number of urea groups is 1. The van der Waals surface area contributed by atoms with Crippen LogP contribution < -0.4 is 0 Å². The van der Waals surface area contributed by atoms with Gasteiger partial charge >= 0.3 is 6.03 Å². The zero-order chi connectivity index (χ0) is 12.4. The van der Waals surface area contributed by atoms with Gasteiger partial charge in [0.25, 0.3) is 0 Å². The molecule has 0 aromatic heterocycles. The number of Topliss-reactive ketones (excluding diaryl/α,β-unsaturated/α-hetero) is 1. The first-order valence-corrected chi connectivity index (χ1v) is 6.60. The zero-order valence-electron chi connectivity index (χ0n) is 10.8. The predicted octanol–water partition coefficient (Wildman–Crippen LogP) is 1.89. The van der Waals surface area contributed by atoms with E-state index in [4.69, 9.17) is 0 Å². The van der Waals surface area contributed by atoms with Crippen molar-refractivity contribution in [3.8, 4) is 0 Å². The second-order valence-electron chi connectivity index (χ2n) is 5.40. The Bertz CT molecular complexity index is 311. The minimum absolute atomic E-state index is 0.100. The molecule has 17 heavy (non-hydrogen) atoms. The molecule has 1 heterocycles. The van der Waals surface area contributed by atoms with E-state index in [1.807, 2.05) is 16.8 Å². The van der Waals surface area contributed by atoms with Crippen molar-refractivity contribution in [1.29, 1.82) is 0 Å². The summed E-state index contributed by atoms with van der Waals surface area (Å²) in [4.78, 5) is 26.7. The molecule has 1 saturated carbocycles. The number of ketones is 1. The summed E-state index contributed by atoms with van der Waals surface area (Å²) < 4.78 is 0. The lowest BCUT2D eigenvalue weighted by Gasteiger charge is -2.23. The number of hydrogen-bond donors (Lipinski definition) is 0. The highest BCUT2D eigenvalue weighted by molar-refractivity contribution is 5.79. The van der Waals surface area contributed by atoms with Crippen LogP contribution in [0.15, 0.2) is 0 Å². The minimum atomic E-state index is 0.100. The fourth-order valence-electron chi connectivity index (χ4n) is 3.08. The number of amides is 2. The van der Waals surface area contributed by atoms with E-state index in [2.05, 4.69) is 0 Å². The van der Waals surface area contributed by atoms with Gasteiger partial charge in [0.15, 0.2) is 0 Å². The quantitative estimate of drug-likeness (QED) is 0.750. The van der Waals surface area contributed by atoms with E-state index in [0.29, 0.717) is 24.9 Å². The lowest BCUT2D eigenvalue weighted by molar-refractivity contribution is -0.117. The number of hydrogen-bond acceptors (Lipinski definition) is 2. The van der Waals surface area contributed by atoms with E-state index in [9.17, 15) is 9.59 Å². The molecule has 0 aromatic carbocycles. The highest BCUT2D eigenvalue weighted by Gasteiger charge is 2.39. The highest BCUT2D eigenvalue weighted by atomic mass is 16.2. The van der Waals surface area contributed by atoms with E-state index in [-0.39, 0.29) is 11.8 Å². The van der Waals surface area contributed by atoms with Crippen molar-refractivity contribution < 1.29 is 9.59 Å². The number of likely N-dealkylation sites (N-methyl/N-ethyl adjacent to an activating group) is 1. The molecule has 0 aromatic rings. The van der Waals surface area contributed by atoms with Gasteiger partial charge in [0.1, 0.15) is 5.78 Å². The Morgan fingerprint density at radius 3 is 2.59 bits per heavy atom. The molecule has 2 aliphatic rings. The van der Waals surface area contributed by atoms with Crippen molar-refractivity contribution in [2.45, 2.75) is 45.1 Å². The molecular formula is C13H22N2O2. The normalized spacial score (nSPS) is 26.0. The van der Waals surface area contributed by atoms with Gasteiger partial charge in [-0.25, -0.2) is 4.79 Å². The van der Waals surface area contributed by atoms with E-state index < -0.39 is 0 Å². The van der Waals surface area contributed by atoms with Gasteiger partial charge < -0.3 is 9.80 Å². The summed E-state index contributed by atoms with van der Waals surface area (Å²) in [6.45, 7) is 2.98.